The van der Waals surface area contributed by atoms with E-state index >= 15 is 0 Å². The van der Waals surface area contributed by atoms with Crippen LogP contribution in [0.2, 0.25) is 0 Å². The fraction of sp³-hybridized carbons (Fsp3) is 0.808. The lowest BCUT2D eigenvalue weighted by Crippen LogP contribution is -2.03. The Labute approximate surface area is 176 Å². The van der Waals surface area contributed by atoms with Gasteiger partial charge in [-0.05, 0) is 38.7 Å². The average Bonchev–Trinajstić information content (AvgIpc) is 2.71. The van der Waals surface area contributed by atoms with Gasteiger partial charge in [-0.2, -0.15) is 0 Å². The number of nitrogens with zero attached hydrogens (tertiary/aromatic N) is 2. The first-order chi connectivity index (χ1) is 13.8. The van der Waals surface area contributed by atoms with Crippen molar-refractivity contribution >= 4 is 0 Å². The second-order valence-electron chi connectivity index (χ2n) is 8.47. The zero-order valence-corrected chi connectivity index (χ0v) is 19.1. The summed E-state index contributed by atoms with van der Waals surface area (Å²) in [5.74, 6) is 0.937. The molecule has 2 nitrogen and oxygen atoms in total. The Morgan fingerprint density at radius 2 is 0.929 bits per heavy atom. The molecule has 0 N–H and O–H groups in total. The largest absolute Gasteiger partial charge is 0.238 e. The number of aromatic nitrogens is 2. The molecule has 0 amide bonds. The van der Waals surface area contributed by atoms with E-state index in [9.17, 15) is 0 Å². The molecule has 0 fully saturated rings. The van der Waals surface area contributed by atoms with Crippen molar-refractivity contribution < 1.29 is 0 Å². The smallest absolute Gasteiger partial charge is 0.128 e. The van der Waals surface area contributed by atoms with Gasteiger partial charge in [0.05, 0.1) is 0 Å². The Kier molecular flexibility index (Phi) is 16.3. The summed E-state index contributed by atoms with van der Waals surface area (Å²) in [6, 6.07) is 2.27. The molecule has 161 valence electrons. The van der Waals surface area contributed by atoms with Gasteiger partial charge in [0.2, 0.25) is 0 Å². The fourth-order valence-electron chi connectivity index (χ4n) is 3.86. The third-order valence-corrected chi connectivity index (χ3v) is 5.68. The molecule has 1 aromatic heterocycles. The van der Waals surface area contributed by atoms with Crippen molar-refractivity contribution in [3.05, 3.63) is 30.2 Å². The summed E-state index contributed by atoms with van der Waals surface area (Å²) in [5.41, 5.74) is 2.49. The Morgan fingerprint density at radius 1 is 0.571 bits per heavy atom. The third-order valence-electron chi connectivity index (χ3n) is 5.68. The maximum Gasteiger partial charge on any atom is 0.128 e. The van der Waals surface area contributed by atoms with Gasteiger partial charge >= 0.3 is 0 Å². The van der Waals surface area contributed by atoms with Crippen molar-refractivity contribution in [2.24, 2.45) is 0 Å². The average molecular weight is 388 g/mol. The maximum atomic E-state index is 4.72. The topological polar surface area (TPSA) is 25.8 Å². The Morgan fingerprint density at radius 3 is 1.29 bits per heavy atom. The van der Waals surface area contributed by atoms with Crippen molar-refractivity contribution in [3.63, 3.8) is 0 Å². The van der Waals surface area contributed by atoms with Crippen LogP contribution in [0.5, 0.6) is 0 Å². The molecule has 0 saturated carbocycles. The van der Waals surface area contributed by atoms with E-state index in [0.29, 0.717) is 6.42 Å². The zero-order valence-electron chi connectivity index (χ0n) is 19.1. The highest BCUT2D eigenvalue weighted by Gasteiger charge is 2.04. The van der Waals surface area contributed by atoms with Crippen molar-refractivity contribution in [1.29, 1.82) is 0 Å². The Hall–Kier alpha value is -0.920. The number of aryl methyl sites for hydroxylation is 2. The van der Waals surface area contributed by atoms with Crippen molar-refractivity contribution in [2.45, 2.75) is 136 Å². The van der Waals surface area contributed by atoms with E-state index in [-0.39, 0.29) is 0 Å². The summed E-state index contributed by atoms with van der Waals surface area (Å²) in [5, 5.41) is 0. The van der Waals surface area contributed by atoms with Crippen LogP contribution in [0.25, 0.3) is 0 Å². The first-order valence-electron chi connectivity index (χ1n) is 12.4. The van der Waals surface area contributed by atoms with Gasteiger partial charge in [0, 0.05) is 17.8 Å². The van der Waals surface area contributed by atoms with E-state index in [2.05, 4.69) is 26.8 Å². The van der Waals surface area contributed by atoms with Crippen LogP contribution < -0.4 is 0 Å². The summed E-state index contributed by atoms with van der Waals surface area (Å²) in [4.78, 5) is 9.45. The molecule has 0 saturated heterocycles. The SMILES string of the molecule is [CH2]Cc1nc(CCCCCCCCCC)cc(CCCCCCCCCC)n1. The standard InChI is InChI=1S/C26H47N2/c1-4-7-9-11-13-15-17-19-21-24-23-25(28-26(6-3)27-24)22-20-18-16-14-12-10-8-5-2/h23H,3-22H2,1-2H3. The molecule has 0 aliphatic heterocycles. The summed E-state index contributed by atoms with van der Waals surface area (Å²) in [6.45, 7) is 8.57. The highest BCUT2D eigenvalue weighted by atomic mass is 14.9. The molecule has 28 heavy (non-hydrogen) atoms. The van der Waals surface area contributed by atoms with Gasteiger partial charge in [0.25, 0.3) is 0 Å². The molecule has 2 heteroatoms. The molecule has 1 rings (SSSR count). The molecular formula is C26H47N2. The number of unbranched alkanes of at least 4 members (excludes halogenated alkanes) is 14. The van der Waals surface area contributed by atoms with Crippen LogP contribution in [0, 0.1) is 6.92 Å². The Bertz CT molecular complexity index is 431. The van der Waals surface area contributed by atoms with E-state index in [0.717, 1.165) is 18.7 Å². The van der Waals surface area contributed by atoms with Gasteiger partial charge in [-0.1, -0.05) is 104 Å². The number of hydrogen-bond acceptors (Lipinski definition) is 2. The first kappa shape index (κ1) is 25.1. The number of hydrogen-bond donors (Lipinski definition) is 0. The van der Waals surface area contributed by atoms with Gasteiger partial charge < -0.3 is 0 Å². The zero-order chi connectivity index (χ0) is 20.3. The Balaban J connectivity index is 2.22. The molecule has 1 heterocycles. The van der Waals surface area contributed by atoms with Gasteiger partial charge in [-0.3, -0.25) is 0 Å². The van der Waals surface area contributed by atoms with Crippen LogP contribution in [0.1, 0.15) is 134 Å². The predicted octanol–water partition coefficient (Wildman–Crippen LogP) is 8.22. The second-order valence-corrected chi connectivity index (χ2v) is 8.47. The van der Waals surface area contributed by atoms with Crippen LogP contribution in [-0.4, -0.2) is 9.97 Å². The molecule has 0 aliphatic rings. The van der Waals surface area contributed by atoms with E-state index in [1.54, 1.807) is 0 Å². The van der Waals surface area contributed by atoms with Crippen LogP contribution in [0.15, 0.2) is 6.07 Å². The molecule has 1 radical (unpaired) electrons. The molecule has 0 aliphatic carbocycles. The van der Waals surface area contributed by atoms with Crippen LogP contribution in [0.4, 0.5) is 0 Å². The molecule has 0 spiro atoms. The lowest BCUT2D eigenvalue weighted by atomic mass is 10.0. The highest BCUT2D eigenvalue weighted by molar-refractivity contribution is 5.12. The molecule has 0 aromatic carbocycles. The normalized spacial score (nSPS) is 11.2. The van der Waals surface area contributed by atoms with Crippen LogP contribution >= 0.6 is 0 Å². The van der Waals surface area contributed by atoms with E-state index < -0.39 is 0 Å². The molecule has 1 aromatic rings. The predicted molar refractivity (Wildman–Crippen MR) is 124 cm³/mol. The van der Waals surface area contributed by atoms with Gasteiger partial charge in [0.1, 0.15) is 5.82 Å². The maximum absolute atomic E-state index is 4.72. The lowest BCUT2D eigenvalue weighted by molar-refractivity contribution is 0.570. The third kappa shape index (κ3) is 13.3. The first-order valence-corrected chi connectivity index (χ1v) is 12.4. The fourth-order valence-corrected chi connectivity index (χ4v) is 3.86. The molecular weight excluding hydrogens is 340 g/mol. The van der Waals surface area contributed by atoms with E-state index in [1.165, 1.54) is 114 Å². The summed E-state index contributed by atoms with van der Waals surface area (Å²) >= 11 is 0. The van der Waals surface area contributed by atoms with Crippen molar-refractivity contribution in [2.75, 3.05) is 0 Å². The van der Waals surface area contributed by atoms with Gasteiger partial charge in [0.15, 0.2) is 0 Å². The molecule has 0 bridgehead atoms. The quantitative estimate of drug-likeness (QED) is 0.223. The minimum atomic E-state index is 0.704. The minimum Gasteiger partial charge on any atom is -0.238 e. The summed E-state index contributed by atoms with van der Waals surface area (Å²) in [6.07, 6.45) is 24.8. The lowest BCUT2D eigenvalue weighted by Gasteiger charge is -2.08. The van der Waals surface area contributed by atoms with E-state index in [1.807, 2.05) is 0 Å². The monoisotopic (exact) mass is 387 g/mol. The van der Waals surface area contributed by atoms with Crippen molar-refractivity contribution in [3.8, 4) is 0 Å². The van der Waals surface area contributed by atoms with Crippen molar-refractivity contribution in [1.82, 2.24) is 9.97 Å². The van der Waals surface area contributed by atoms with E-state index in [4.69, 9.17) is 9.97 Å². The van der Waals surface area contributed by atoms with Crippen LogP contribution in [0.3, 0.4) is 0 Å². The summed E-state index contributed by atoms with van der Waals surface area (Å²) < 4.78 is 0. The van der Waals surface area contributed by atoms with Gasteiger partial charge in [-0.15, -0.1) is 0 Å². The molecule has 0 unspecified atom stereocenters. The van der Waals surface area contributed by atoms with Gasteiger partial charge in [-0.25, -0.2) is 9.97 Å². The number of rotatable bonds is 19. The molecule has 0 atom stereocenters. The highest BCUT2D eigenvalue weighted by Crippen LogP contribution is 2.14. The van der Waals surface area contributed by atoms with Crippen LogP contribution in [-0.2, 0) is 19.3 Å². The minimum absolute atomic E-state index is 0.704. The summed E-state index contributed by atoms with van der Waals surface area (Å²) in [7, 11) is 0. The second kappa shape index (κ2) is 18.1.